The fraction of sp³-hybridized carbons (Fsp3) is 0.667. The standard InChI is InChI=1S/C24H38N4O3.HI/c1-2-25-23(27-17-24(11-13-29)12-14-31-18-24)26-16-19-7-6-10-21(15-19)28-22(30)20-8-4-3-5-9-20;/h6-7,10,15,20,29H,2-5,8-9,11-14,16-18H2,1H3,(H,28,30)(H2,25,26,27);1H. The Morgan fingerprint density at radius 1 is 1.25 bits per heavy atom. The predicted molar refractivity (Wildman–Crippen MR) is 139 cm³/mol. The van der Waals surface area contributed by atoms with Crippen LogP contribution in [0.25, 0.3) is 0 Å². The van der Waals surface area contributed by atoms with E-state index in [0.29, 0.717) is 13.2 Å². The summed E-state index contributed by atoms with van der Waals surface area (Å²) in [6.45, 7) is 5.63. The Morgan fingerprint density at radius 3 is 2.75 bits per heavy atom. The number of anilines is 1. The lowest BCUT2D eigenvalue weighted by atomic mass is 9.84. The minimum Gasteiger partial charge on any atom is -0.396 e. The molecule has 180 valence electrons. The van der Waals surface area contributed by atoms with E-state index in [1.54, 1.807) is 0 Å². The molecular formula is C24H39IN4O3. The second kappa shape index (κ2) is 14.0. The molecule has 1 heterocycles. The molecule has 2 aliphatic rings. The molecule has 1 saturated carbocycles. The molecule has 0 aromatic heterocycles. The Labute approximate surface area is 209 Å². The van der Waals surface area contributed by atoms with Crippen molar-refractivity contribution >= 4 is 41.5 Å². The molecule has 1 aromatic carbocycles. The van der Waals surface area contributed by atoms with E-state index in [0.717, 1.165) is 75.4 Å². The van der Waals surface area contributed by atoms with Crippen LogP contribution in [0.5, 0.6) is 0 Å². The highest BCUT2D eigenvalue weighted by Gasteiger charge is 2.34. The average Bonchev–Trinajstić information content (AvgIpc) is 3.25. The van der Waals surface area contributed by atoms with Crippen LogP contribution in [0.15, 0.2) is 29.3 Å². The van der Waals surface area contributed by atoms with Crippen LogP contribution in [0, 0.1) is 11.3 Å². The van der Waals surface area contributed by atoms with Gasteiger partial charge in [-0.3, -0.25) is 4.79 Å². The lowest BCUT2D eigenvalue weighted by molar-refractivity contribution is -0.120. The summed E-state index contributed by atoms with van der Waals surface area (Å²) < 4.78 is 5.58. The summed E-state index contributed by atoms with van der Waals surface area (Å²) in [6.07, 6.45) is 7.21. The Kier molecular flexibility index (Phi) is 11.7. The largest absolute Gasteiger partial charge is 0.396 e. The number of aliphatic imine (C=N–C) groups is 1. The molecule has 3 rings (SSSR count). The fourth-order valence-corrected chi connectivity index (χ4v) is 4.45. The molecule has 1 amide bonds. The van der Waals surface area contributed by atoms with Gasteiger partial charge in [0.1, 0.15) is 0 Å². The highest BCUT2D eigenvalue weighted by atomic mass is 127. The van der Waals surface area contributed by atoms with Crippen molar-refractivity contribution in [3.8, 4) is 0 Å². The van der Waals surface area contributed by atoms with Crippen LogP contribution in [0.3, 0.4) is 0 Å². The van der Waals surface area contributed by atoms with Crippen molar-refractivity contribution in [1.82, 2.24) is 10.6 Å². The molecule has 1 saturated heterocycles. The van der Waals surface area contributed by atoms with Gasteiger partial charge in [0.05, 0.1) is 13.2 Å². The van der Waals surface area contributed by atoms with E-state index in [1.165, 1.54) is 6.42 Å². The third-order valence-electron chi connectivity index (χ3n) is 6.39. The van der Waals surface area contributed by atoms with Gasteiger partial charge in [0.15, 0.2) is 5.96 Å². The Hall–Kier alpha value is -1.39. The van der Waals surface area contributed by atoms with Crippen LogP contribution in [0.1, 0.15) is 57.4 Å². The van der Waals surface area contributed by atoms with Gasteiger partial charge in [0.2, 0.25) is 5.91 Å². The lowest BCUT2D eigenvalue weighted by Gasteiger charge is -2.27. The van der Waals surface area contributed by atoms with Crippen molar-refractivity contribution in [1.29, 1.82) is 0 Å². The molecule has 0 radical (unpaired) electrons. The number of amides is 1. The molecule has 0 bridgehead atoms. The van der Waals surface area contributed by atoms with Gasteiger partial charge in [-0.1, -0.05) is 31.4 Å². The summed E-state index contributed by atoms with van der Waals surface area (Å²) in [5.74, 6) is 1.04. The van der Waals surface area contributed by atoms with Gasteiger partial charge in [-0.05, 0) is 50.3 Å². The number of aliphatic hydroxyl groups excluding tert-OH is 1. The van der Waals surface area contributed by atoms with Crippen LogP contribution in [0.2, 0.25) is 0 Å². The molecular weight excluding hydrogens is 519 g/mol. The Morgan fingerprint density at radius 2 is 2.06 bits per heavy atom. The van der Waals surface area contributed by atoms with E-state index in [2.05, 4.69) is 16.0 Å². The molecule has 1 aliphatic heterocycles. The zero-order valence-corrected chi connectivity index (χ0v) is 21.5. The first-order valence-electron chi connectivity index (χ1n) is 11.7. The summed E-state index contributed by atoms with van der Waals surface area (Å²) >= 11 is 0. The SMILES string of the molecule is CCNC(=NCc1cccc(NC(=O)C2CCCCC2)c1)NCC1(CCO)CCOC1.I. The van der Waals surface area contributed by atoms with Crippen molar-refractivity contribution < 1.29 is 14.6 Å². The van der Waals surface area contributed by atoms with Gasteiger partial charge in [0.25, 0.3) is 0 Å². The van der Waals surface area contributed by atoms with Crippen molar-refractivity contribution in [2.24, 2.45) is 16.3 Å². The maximum absolute atomic E-state index is 12.5. The second-order valence-electron chi connectivity index (χ2n) is 8.85. The highest BCUT2D eigenvalue weighted by Crippen LogP contribution is 2.31. The first-order chi connectivity index (χ1) is 15.1. The number of ether oxygens (including phenoxy) is 1. The van der Waals surface area contributed by atoms with Crippen LogP contribution in [-0.2, 0) is 16.1 Å². The number of nitrogens with one attached hydrogen (secondary N) is 3. The number of hydrogen-bond donors (Lipinski definition) is 4. The minimum atomic E-state index is -0.0335. The molecule has 1 unspecified atom stereocenters. The number of guanidine groups is 1. The number of carbonyl (C=O) groups is 1. The first-order valence-corrected chi connectivity index (χ1v) is 11.7. The van der Waals surface area contributed by atoms with E-state index in [4.69, 9.17) is 9.73 Å². The Bertz CT molecular complexity index is 732. The van der Waals surface area contributed by atoms with E-state index < -0.39 is 0 Å². The third-order valence-corrected chi connectivity index (χ3v) is 6.39. The lowest BCUT2D eigenvalue weighted by Crippen LogP contribution is -2.44. The zero-order chi connectivity index (χ0) is 21.9. The number of benzene rings is 1. The third kappa shape index (κ3) is 8.19. The van der Waals surface area contributed by atoms with Gasteiger partial charge in [0, 0.05) is 43.3 Å². The maximum atomic E-state index is 12.5. The number of halogens is 1. The maximum Gasteiger partial charge on any atom is 0.227 e. The van der Waals surface area contributed by atoms with Crippen LogP contribution < -0.4 is 16.0 Å². The summed E-state index contributed by atoms with van der Waals surface area (Å²) in [7, 11) is 0. The van der Waals surface area contributed by atoms with Gasteiger partial charge < -0.3 is 25.8 Å². The van der Waals surface area contributed by atoms with Crippen LogP contribution in [0.4, 0.5) is 5.69 Å². The molecule has 1 aromatic rings. The number of nitrogens with zero attached hydrogens (tertiary/aromatic N) is 1. The molecule has 1 aliphatic carbocycles. The van der Waals surface area contributed by atoms with E-state index >= 15 is 0 Å². The summed E-state index contributed by atoms with van der Waals surface area (Å²) in [4.78, 5) is 17.3. The fourth-order valence-electron chi connectivity index (χ4n) is 4.45. The number of carbonyl (C=O) groups excluding carboxylic acids is 1. The molecule has 1 atom stereocenters. The van der Waals surface area contributed by atoms with E-state index in [-0.39, 0.29) is 47.8 Å². The highest BCUT2D eigenvalue weighted by molar-refractivity contribution is 14.0. The second-order valence-corrected chi connectivity index (χ2v) is 8.85. The first kappa shape index (κ1) is 26.9. The van der Waals surface area contributed by atoms with Gasteiger partial charge in [-0.15, -0.1) is 24.0 Å². The van der Waals surface area contributed by atoms with Crippen molar-refractivity contribution in [2.45, 2.75) is 58.4 Å². The van der Waals surface area contributed by atoms with Crippen molar-refractivity contribution in [3.05, 3.63) is 29.8 Å². The van der Waals surface area contributed by atoms with Gasteiger partial charge in [-0.25, -0.2) is 4.99 Å². The smallest absolute Gasteiger partial charge is 0.227 e. The number of aliphatic hydroxyl groups is 1. The van der Waals surface area contributed by atoms with Crippen LogP contribution in [-0.4, -0.2) is 49.9 Å². The summed E-state index contributed by atoms with van der Waals surface area (Å²) in [6, 6.07) is 7.94. The minimum absolute atomic E-state index is 0. The number of hydrogen-bond acceptors (Lipinski definition) is 4. The number of rotatable bonds is 9. The van der Waals surface area contributed by atoms with Gasteiger partial charge in [-0.2, -0.15) is 0 Å². The van der Waals surface area contributed by atoms with Crippen LogP contribution >= 0.6 is 24.0 Å². The average molecular weight is 559 g/mol. The molecule has 4 N–H and O–H groups in total. The zero-order valence-electron chi connectivity index (χ0n) is 19.2. The predicted octanol–water partition coefficient (Wildman–Crippen LogP) is 3.67. The summed E-state index contributed by atoms with van der Waals surface area (Å²) in [5, 5.41) is 19.2. The Balaban J connectivity index is 0.00000363. The van der Waals surface area contributed by atoms with E-state index in [9.17, 15) is 9.90 Å². The molecule has 0 spiro atoms. The summed E-state index contributed by atoms with van der Waals surface area (Å²) in [5.41, 5.74) is 1.85. The molecule has 7 nitrogen and oxygen atoms in total. The molecule has 32 heavy (non-hydrogen) atoms. The van der Waals surface area contributed by atoms with Crippen molar-refractivity contribution in [2.75, 3.05) is 38.2 Å². The topological polar surface area (TPSA) is 95.0 Å². The van der Waals surface area contributed by atoms with Crippen molar-refractivity contribution in [3.63, 3.8) is 0 Å². The molecule has 2 fully saturated rings. The van der Waals surface area contributed by atoms with Gasteiger partial charge >= 0.3 is 0 Å². The quantitative estimate of drug-likeness (QED) is 0.211. The normalized spacial score (nSPS) is 21.6. The monoisotopic (exact) mass is 558 g/mol. The van der Waals surface area contributed by atoms with E-state index in [1.807, 2.05) is 31.2 Å². The molecule has 8 heteroatoms.